The molecule has 1 heterocycles. The van der Waals surface area contributed by atoms with Crippen LogP contribution in [0.4, 0.5) is 11.4 Å². The molecule has 0 spiro atoms. The van der Waals surface area contributed by atoms with Crippen molar-refractivity contribution in [2.75, 3.05) is 17.3 Å². The molecule has 0 aromatic heterocycles. The number of hydrogen-bond acceptors (Lipinski definition) is 4. The number of allylic oxidation sites excluding steroid dienone is 2. The van der Waals surface area contributed by atoms with Crippen molar-refractivity contribution in [2.45, 2.75) is 32.0 Å². The van der Waals surface area contributed by atoms with Gasteiger partial charge in [0.05, 0.1) is 11.4 Å². The van der Waals surface area contributed by atoms with E-state index in [0.717, 1.165) is 53.2 Å². The van der Waals surface area contributed by atoms with E-state index in [-0.39, 0.29) is 11.8 Å². The maximum absolute atomic E-state index is 13.4. The highest BCUT2D eigenvalue weighted by molar-refractivity contribution is 7.80. The molecule has 0 saturated heterocycles. The van der Waals surface area contributed by atoms with Crippen molar-refractivity contribution in [1.82, 2.24) is 5.32 Å². The van der Waals surface area contributed by atoms with Crippen molar-refractivity contribution < 1.29 is 9.53 Å². The van der Waals surface area contributed by atoms with Crippen LogP contribution < -0.4 is 20.3 Å². The van der Waals surface area contributed by atoms with Gasteiger partial charge in [0, 0.05) is 30.3 Å². The summed E-state index contributed by atoms with van der Waals surface area (Å²) in [4.78, 5) is 20.0. The minimum absolute atomic E-state index is 0.161. The number of ether oxygens (including phenoxy) is 1. The lowest BCUT2D eigenvalue weighted by Crippen LogP contribution is -2.47. The van der Waals surface area contributed by atoms with Gasteiger partial charge in [0.15, 0.2) is 5.11 Å². The molecule has 2 unspecified atom stereocenters. The van der Waals surface area contributed by atoms with E-state index in [1.54, 1.807) is 11.9 Å². The van der Waals surface area contributed by atoms with Gasteiger partial charge in [0.2, 0.25) is 6.17 Å². The van der Waals surface area contributed by atoms with Crippen LogP contribution in [0.5, 0.6) is 5.75 Å². The van der Waals surface area contributed by atoms with Gasteiger partial charge in [0.25, 0.3) is 5.91 Å². The van der Waals surface area contributed by atoms with Gasteiger partial charge in [-0.1, -0.05) is 66.7 Å². The van der Waals surface area contributed by atoms with Crippen LogP contribution in [0.1, 0.15) is 30.4 Å². The fourth-order valence-corrected chi connectivity index (χ4v) is 4.90. The van der Waals surface area contributed by atoms with Crippen molar-refractivity contribution in [3.05, 3.63) is 102 Å². The third kappa shape index (κ3) is 5.89. The number of nitrogens with zero attached hydrogens (tertiary/aromatic N) is 2. The number of carbonyl (C=O) groups is 1. The van der Waals surface area contributed by atoms with Gasteiger partial charge in [-0.2, -0.15) is 0 Å². The molecule has 5 rings (SSSR count). The average molecular weight is 511 g/mol. The second-order valence-electron chi connectivity index (χ2n) is 9.20. The van der Waals surface area contributed by atoms with E-state index in [9.17, 15) is 4.79 Å². The maximum Gasteiger partial charge on any atom is 0.272 e. The summed E-state index contributed by atoms with van der Waals surface area (Å²) in [7, 11) is 1.79. The van der Waals surface area contributed by atoms with Gasteiger partial charge in [0.1, 0.15) is 12.4 Å². The number of rotatable bonds is 6. The predicted octanol–water partition coefficient (Wildman–Crippen LogP) is 5.70. The minimum atomic E-state index is -0.833. The van der Waals surface area contributed by atoms with Crippen molar-refractivity contribution in [3.8, 4) is 5.75 Å². The second-order valence-corrected chi connectivity index (χ2v) is 9.61. The SMILES string of the molecule is CN1C(=O)C(NC(=S)Nc2cccc(OCc3ccccc3)c2)N=C(C2C=CCCC2)c2ccccc21. The number of hydrogen-bond donors (Lipinski definition) is 2. The zero-order valence-corrected chi connectivity index (χ0v) is 21.6. The highest BCUT2D eigenvalue weighted by Gasteiger charge is 2.32. The topological polar surface area (TPSA) is 66.0 Å². The fourth-order valence-electron chi connectivity index (χ4n) is 4.67. The molecule has 37 heavy (non-hydrogen) atoms. The molecule has 0 radical (unpaired) electrons. The Kier molecular flexibility index (Phi) is 7.61. The number of thiocarbonyl (C=S) groups is 1. The molecule has 0 bridgehead atoms. The summed E-state index contributed by atoms with van der Waals surface area (Å²) < 4.78 is 5.94. The first-order valence-electron chi connectivity index (χ1n) is 12.5. The lowest BCUT2D eigenvalue weighted by molar-refractivity contribution is -0.119. The van der Waals surface area contributed by atoms with Crippen LogP contribution in [0.3, 0.4) is 0 Å². The second kappa shape index (κ2) is 11.4. The Balaban J connectivity index is 1.32. The zero-order chi connectivity index (χ0) is 25.6. The van der Waals surface area contributed by atoms with Crippen LogP contribution in [0.2, 0.25) is 0 Å². The van der Waals surface area contributed by atoms with E-state index in [1.807, 2.05) is 78.9 Å². The molecule has 7 heteroatoms. The zero-order valence-electron chi connectivity index (χ0n) is 20.8. The third-order valence-electron chi connectivity index (χ3n) is 6.59. The molecule has 2 atom stereocenters. The molecule has 2 N–H and O–H groups in total. The number of fused-ring (bicyclic) bond motifs is 1. The number of aliphatic imine (C=N–C) groups is 1. The summed E-state index contributed by atoms with van der Waals surface area (Å²) in [5.41, 5.74) is 4.62. The number of carbonyl (C=O) groups excluding carboxylic acids is 1. The largest absolute Gasteiger partial charge is 0.489 e. The van der Waals surface area contributed by atoms with Crippen molar-refractivity contribution in [3.63, 3.8) is 0 Å². The van der Waals surface area contributed by atoms with Crippen LogP contribution in [0, 0.1) is 5.92 Å². The van der Waals surface area contributed by atoms with Crippen molar-refractivity contribution >= 4 is 40.3 Å². The fraction of sp³-hybridized carbons (Fsp3) is 0.233. The molecule has 2 aliphatic rings. The Morgan fingerprint density at radius 3 is 2.70 bits per heavy atom. The molecule has 3 aromatic rings. The Morgan fingerprint density at radius 1 is 1.08 bits per heavy atom. The summed E-state index contributed by atoms with van der Waals surface area (Å²) >= 11 is 5.60. The standard InChI is InChI=1S/C30H30N4O2S/c1-34-26-18-9-8-17-25(26)27(22-13-6-3-7-14-22)32-28(29(34)35)33-30(37)31-23-15-10-16-24(19-23)36-20-21-11-4-2-5-12-21/h2,4-6,8-13,15-19,22,28H,3,7,14,20H2,1H3,(H2,31,33,37). The van der Waals surface area contributed by atoms with E-state index in [2.05, 4.69) is 22.8 Å². The van der Waals surface area contributed by atoms with Crippen LogP contribution in [0.25, 0.3) is 0 Å². The highest BCUT2D eigenvalue weighted by atomic mass is 32.1. The molecular weight excluding hydrogens is 480 g/mol. The van der Waals surface area contributed by atoms with E-state index < -0.39 is 6.17 Å². The third-order valence-corrected chi connectivity index (χ3v) is 6.81. The average Bonchev–Trinajstić information content (AvgIpc) is 3.04. The number of benzene rings is 3. The summed E-state index contributed by atoms with van der Waals surface area (Å²) in [5, 5.41) is 6.65. The number of likely N-dealkylation sites (N-methyl/N-ethyl adjacent to an activating group) is 1. The van der Waals surface area contributed by atoms with Gasteiger partial charge < -0.3 is 20.3 Å². The van der Waals surface area contributed by atoms with Gasteiger partial charge >= 0.3 is 0 Å². The lowest BCUT2D eigenvalue weighted by atomic mass is 9.87. The quantitative estimate of drug-likeness (QED) is 0.329. The summed E-state index contributed by atoms with van der Waals surface area (Å²) in [5.74, 6) is 0.728. The number of anilines is 2. The lowest BCUT2D eigenvalue weighted by Gasteiger charge is -2.22. The molecule has 0 fully saturated rings. The predicted molar refractivity (Wildman–Crippen MR) is 153 cm³/mol. The number of nitrogens with one attached hydrogen (secondary N) is 2. The Hall–Kier alpha value is -3.97. The monoisotopic (exact) mass is 510 g/mol. The minimum Gasteiger partial charge on any atom is -0.489 e. The van der Waals surface area contributed by atoms with E-state index in [4.69, 9.17) is 21.9 Å². The molecule has 1 amide bonds. The van der Waals surface area contributed by atoms with Gasteiger partial charge in [-0.3, -0.25) is 9.79 Å². The van der Waals surface area contributed by atoms with E-state index in [0.29, 0.717) is 11.7 Å². The Bertz CT molecular complexity index is 1340. The number of amides is 1. The molecule has 3 aromatic carbocycles. The summed E-state index contributed by atoms with van der Waals surface area (Å²) in [6.07, 6.45) is 6.77. The molecule has 188 valence electrons. The normalized spacial score (nSPS) is 18.9. The first-order valence-corrected chi connectivity index (χ1v) is 12.9. The maximum atomic E-state index is 13.4. The molecule has 1 aliphatic carbocycles. The van der Waals surface area contributed by atoms with Gasteiger partial charge in [-0.25, -0.2) is 0 Å². The number of benzodiazepines with no additional fused rings is 1. The molecular formula is C30H30N4O2S. The van der Waals surface area contributed by atoms with Crippen LogP contribution >= 0.6 is 12.2 Å². The molecule has 0 saturated carbocycles. The van der Waals surface area contributed by atoms with Crippen LogP contribution in [0.15, 0.2) is 96.0 Å². The highest BCUT2D eigenvalue weighted by Crippen LogP contribution is 2.31. The molecule has 6 nitrogen and oxygen atoms in total. The Morgan fingerprint density at radius 2 is 1.89 bits per heavy atom. The van der Waals surface area contributed by atoms with Gasteiger partial charge in [-0.05, 0) is 55.2 Å². The van der Waals surface area contributed by atoms with Crippen LogP contribution in [-0.2, 0) is 11.4 Å². The van der Waals surface area contributed by atoms with Crippen LogP contribution in [-0.4, -0.2) is 29.9 Å². The number of para-hydroxylation sites is 1. The first kappa shape index (κ1) is 24.7. The Labute approximate surface area is 223 Å². The first-order chi connectivity index (χ1) is 18.1. The van der Waals surface area contributed by atoms with Gasteiger partial charge in [-0.15, -0.1) is 0 Å². The molecule has 1 aliphatic heterocycles. The summed E-state index contributed by atoms with van der Waals surface area (Å²) in [6, 6.07) is 25.6. The van der Waals surface area contributed by atoms with Crippen molar-refractivity contribution in [1.29, 1.82) is 0 Å². The summed E-state index contributed by atoms with van der Waals surface area (Å²) in [6.45, 7) is 0.476. The van der Waals surface area contributed by atoms with E-state index in [1.165, 1.54) is 0 Å². The van der Waals surface area contributed by atoms with Crippen molar-refractivity contribution in [2.24, 2.45) is 10.9 Å². The smallest absolute Gasteiger partial charge is 0.272 e. The van der Waals surface area contributed by atoms with E-state index >= 15 is 0 Å².